The summed E-state index contributed by atoms with van der Waals surface area (Å²) in [6.45, 7) is 3.75. The molecule has 0 saturated heterocycles. The molecule has 0 atom stereocenters. The molecule has 1 aromatic carbocycles. The van der Waals surface area contributed by atoms with Gasteiger partial charge >= 0.3 is 0 Å². The molecule has 5 nitrogen and oxygen atoms in total. The van der Waals surface area contributed by atoms with Crippen molar-refractivity contribution in [3.63, 3.8) is 0 Å². The Hall–Kier alpha value is -2.14. The van der Waals surface area contributed by atoms with E-state index in [0.29, 0.717) is 31.6 Å². The molecule has 0 bridgehead atoms. The molecule has 106 valence electrons. The average Bonchev–Trinajstić information content (AvgIpc) is 2.85. The van der Waals surface area contributed by atoms with Crippen molar-refractivity contribution in [3.8, 4) is 0 Å². The predicted octanol–water partition coefficient (Wildman–Crippen LogP) is 1.12. The van der Waals surface area contributed by atoms with Crippen molar-refractivity contribution in [3.05, 3.63) is 53.3 Å². The van der Waals surface area contributed by atoms with Gasteiger partial charge in [0.2, 0.25) is 0 Å². The minimum Gasteiger partial charge on any atom is -0.350 e. The lowest BCUT2D eigenvalue weighted by Crippen LogP contribution is -2.28. The number of nitrogens with one attached hydrogen (secondary N) is 1. The van der Waals surface area contributed by atoms with Crippen LogP contribution in [0.2, 0.25) is 0 Å². The Morgan fingerprint density at radius 1 is 1.40 bits per heavy atom. The maximum absolute atomic E-state index is 12.2. The zero-order valence-corrected chi connectivity index (χ0v) is 11.7. The van der Waals surface area contributed by atoms with E-state index >= 15 is 0 Å². The molecule has 0 radical (unpaired) electrons. The van der Waals surface area contributed by atoms with E-state index in [1.807, 2.05) is 42.1 Å². The zero-order chi connectivity index (χ0) is 14.4. The van der Waals surface area contributed by atoms with Crippen molar-refractivity contribution >= 4 is 5.91 Å². The molecule has 0 spiro atoms. The number of aromatic nitrogens is 2. The molecule has 2 aromatic rings. The summed E-state index contributed by atoms with van der Waals surface area (Å²) in [6, 6.07) is 7.57. The van der Waals surface area contributed by atoms with Crippen LogP contribution < -0.4 is 11.1 Å². The van der Waals surface area contributed by atoms with E-state index in [9.17, 15) is 4.79 Å². The third-order valence-corrected chi connectivity index (χ3v) is 3.06. The summed E-state index contributed by atoms with van der Waals surface area (Å²) in [4.78, 5) is 12.2. The molecule has 0 fully saturated rings. The van der Waals surface area contributed by atoms with Crippen LogP contribution in [-0.2, 0) is 13.0 Å². The van der Waals surface area contributed by atoms with Gasteiger partial charge in [-0.3, -0.25) is 9.48 Å². The molecular formula is C15H20N4O. The first kappa shape index (κ1) is 14.3. The van der Waals surface area contributed by atoms with Gasteiger partial charge in [-0.1, -0.05) is 18.2 Å². The van der Waals surface area contributed by atoms with Crippen LogP contribution in [0.25, 0.3) is 0 Å². The lowest BCUT2D eigenvalue weighted by atomic mass is 10.0. The monoisotopic (exact) mass is 272 g/mol. The summed E-state index contributed by atoms with van der Waals surface area (Å²) < 4.78 is 1.82. The molecule has 2 rings (SSSR count). The molecule has 1 aromatic heterocycles. The van der Waals surface area contributed by atoms with Gasteiger partial charge in [-0.25, -0.2) is 0 Å². The molecule has 1 amide bonds. The number of aryl methyl sites for hydroxylation is 1. The predicted molar refractivity (Wildman–Crippen MR) is 78.5 cm³/mol. The summed E-state index contributed by atoms with van der Waals surface area (Å²) >= 11 is 0. The van der Waals surface area contributed by atoms with Crippen LogP contribution in [0.3, 0.4) is 0 Å². The number of nitrogens with two attached hydrogens (primary N) is 1. The van der Waals surface area contributed by atoms with E-state index in [1.165, 1.54) is 0 Å². The molecular weight excluding hydrogens is 252 g/mol. The van der Waals surface area contributed by atoms with Gasteiger partial charge in [0.15, 0.2) is 0 Å². The summed E-state index contributed by atoms with van der Waals surface area (Å²) in [5.41, 5.74) is 8.37. The Morgan fingerprint density at radius 3 is 2.90 bits per heavy atom. The maximum atomic E-state index is 12.2. The normalized spacial score (nSPS) is 10.5. The SMILES string of the molecule is Cc1cnn(CCNC(=O)c2ccccc2CCN)c1. The lowest BCUT2D eigenvalue weighted by Gasteiger charge is -2.09. The van der Waals surface area contributed by atoms with Crippen molar-refractivity contribution in [2.75, 3.05) is 13.1 Å². The summed E-state index contributed by atoms with van der Waals surface area (Å²) in [6.07, 6.45) is 4.47. The van der Waals surface area contributed by atoms with Gasteiger partial charge in [0, 0.05) is 18.3 Å². The Morgan fingerprint density at radius 2 is 2.20 bits per heavy atom. The topological polar surface area (TPSA) is 72.9 Å². The molecule has 0 aliphatic heterocycles. The Kier molecular flexibility index (Phi) is 4.90. The van der Waals surface area contributed by atoms with Crippen molar-refractivity contribution in [1.29, 1.82) is 0 Å². The van der Waals surface area contributed by atoms with Gasteiger partial charge in [-0.05, 0) is 37.1 Å². The minimum absolute atomic E-state index is 0.0575. The van der Waals surface area contributed by atoms with Gasteiger partial charge in [0.25, 0.3) is 5.91 Å². The number of carbonyl (C=O) groups is 1. The third kappa shape index (κ3) is 3.68. The summed E-state index contributed by atoms with van der Waals surface area (Å²) in [5.74, 6) is -0.0575. The fourth-order valence-electron chi connectivity index (χ4n) is 2.08. The first-order valence-electron chi connectivity index (χ1n) is 6.76. The van der Waals surface area contributed by atoms with Gasteiger partial charge in [-0.2, -0.15) is 5.10 Å². The standard InChI is InChI=1S/C15H20N4O/c1-12-10-18-19(11-12)9-8-17-15(20)14-5-3-2-4-13(14)6-7-16/h2-5,10-11H,6-9,16H2,1H3,(H,17,20). The molecule has 5 heteroatoms. The molecule has 0 saturated carbocycles. The molecule has 0 aliphatic rings. The number of amides is 1. The second kappa shape index (κ2) is 6.86. The highest BCUT2D eigenvalue weighted by molar-refractivity contribution is 5.95. The Bertz CT molecular complexity index is 577. The number of hydrogen-bond donors (Lipinski definition) is 2. The van der Waals surface area contributed by atoms with Gasteiger partial charge < -0.3 is 11.1 Å². The number of hydrogen-bond acceptors (Lipinski definition) is 3. The van der Waals surface area contributed by atoms with Crippen LogP contribution in [0.15, 0.2) is 36.7 Å². The summed E-state index contributed by atoms with van der Waals surface area (Å²) in [7, 11) is 0. The van der Waals surface area contributed by atoms with Crippen LogP contribution >= 0.6 is 0 Å². The summed E-state index contributed by atoms with van der Waals surface area (Å²) in [5, 5.41) is 7.10. The molecule has 3 N–H and O–H groups in total. The fourth-order valence-corrected chi connectivity index (χ4v) is 2.08. The highest BCUT2D eigenvalue weighted by Crippen LogP contribution is 2.08. The van der Waals surface area contributed by atoms with Crippen LogP contribution in [0.1, 0.15) is 21.5 Å². The highest BCUT2D eigenvalue weighted by atomic mass is 16.1. The van der Waals surface area contributed by atoms with E-state index in [1.54, 1.807) is 6.20 Å². The lowest BCUT2D eigenvalue weighted by molar-refractivity contribution is 0.0951. The molecule has 1 heterocycles. The van der Waals surface area contributed by atoms with Gasteiger partial charge in [-0.15, -0.1) is 0 Å². The van der Waals surface area contributed by atoms with Crippen LogP contribution in [0.5, 0.6) is 0 Å². The fraction of sp³-hybridized carbons (Fsp3) is 0.333. The molecule has 0 unspecified atom stereocenters. The third-order valence-electron chi connectivity index (χ3n) is 3.06. The average molecular weight is 272 g/mol. The number of nitrogens with zero attached hydrogens (tertiary/aromatic N) is 2. The molecule has 0 aliphatic carbocycles. The minimum atomic E-state index is -0.0575. The number of benzene rings is 1. The largest absolute Gasteiger partial charge is 0.350 e. The second-order valence-electron chi connectivity index (χ2n) is 4.73. The van der Waals surface area contributed by atoms with Crippen LogP contribution in [0, 0.1) is 6.92 Å². The van der Waals surface area contributed by atoms with Crippen LogP contribution in [-0.4, -0.2) is 28.8 Å². The van der Waals surface area contributed by atoms with Gasteiger partial charge in [0.05, 0.1) is 12.7 Å². The number of rotatable bonds is 6. The van der Waals surface area contributed by atoms with E-state index in [0.717, 1.165) is 11.1 Å². The first-order chi connectivity index (χ1) is 9.70. The van der Waals surface area contributed by atoms with Crippen molar-refractivity contribution < 1.29 is 4.79 Å². The van der Waals surface area contributed by atoms with E-state index in [2.05, 4.69) is 10.4 Å². The quantitative estimate of drug-likeness (QED) is 0.827. The van der Waals surface area contributed by atoms with E-state index < -0.39 is 0 Å². The second-order valence-corrected chi connectivity index (χ2v) is 4.73. The number of carbonyl (C=O) groups excluding carboxylic acids is 1. The van der Waals surface area contributed by atoms with E-state index in [4.69, 9.17) is 5.73 Å². The van der Waals surface area contributed by atoms with Crippen molar-refractivity contribution in [1.82, 2.24) is 15.1 Å². The highest BCUT2D eigenvalue weighted by Gasteiger charge is 2.09. The smallest absolute Gasteiger partial charge is 0.251 e. The van der Waals surface area contributed by atoms with Crippen LogP contribution in [0.4, 0.5) is 0 Å². The molecule has 20 heavy (non-hydrogen) atoms. The van der Waals surface area contributed by atoms with Crippen molar-refractivity contribution in [2.24, 2.45) is 5.73 Å². The van der Waals surface area contributed by atoms with E-state index in [-0.39, 0.29) is 5.91 Å². The maximum Gasteiger partial charge on any atom is 0.251 e. The van der Waals surface area contributed by atoms with Crippen molar-refractivity contribution in [2.45, 2.75) is 19.9 Å². The van der Waals surface area contributed by atoms with Gasteiger partial charge in [0.1, 0.15) is 0 Å². The zero-order valence-electron chi connectivity index (χ0n) is 11.7. The Labute approximate surface area is 118 Å². The first-order valence-corrected chi connectivity index (χ1v) is 6.76. The Balaban J connectivity index is 1.91.